The molecule has 4 rings (SSSR count). The molecule has 2 atom stereocenters. The normalized spacial score (nSPS) is 22.3. The number of hydrogen-bond acceptors (Lipinski definition) is 8. The maximum atomic E-state index is 10.6. The van der Waals surface area contributed by atoms with E-state index in [1.807, 2.05) is 12.1 Å². The molecule has 1 fully saturated rings. The Balaban J connectivity index is 1.41. The van der Waals surface area contributed by atoms with Gasteiger partial charge in [-0.05, 0) is 18.6 Å². The number of likely N-dealkylation sites (tertiary alicyclic amines) is 1. The zero-order valence-electron chi connectivity index (χ0n) is 15.3. The van der Waals surface area contributed by atoms with Crippen molar-refractivity contribution >= 4 is 5.95 Å². The molecule has 0 saturated carbocycles. The number of piperidine rings is 1. The van der Waals surface area contributed by atoms with Crippen LogP contribution in [0, 0.1) is 0 Å². The number of anilines is 1. The molecule has 1 saturated heterocycles. The number of rotatable bonds is 5. The minimum Gasteiger partial charge on any atom is -0.496 e. The van der Waals surface area contributed by atoms with Gasteiger partial charge in [0.05, 0.1) is 19.3 Å². The maximum absolute atomic E-state index is 10.6. The molecular formula is C19H24N4O4. The van der Waals surface area contributed by atoms with Crippen LogP contribution in [0.3, 0.4) is 0 Å². The highest BCUT2D eigenvalue weighted by atomic mass is 16.6. The van der Waals surface area contributed by atoms with Gasteiger partial charge < -0.3 is 24.6 Å². The average molecular weight is 372 g/mol. The Bertz CT molecular complexity index is 774. The van der Waals surface area contributed by atoms with Gasteiger partial charge in [-0.25, -0.2) is 9.97 Å². The Kier molecular flexibility index (Phi) is 5.26. The standard InChI is InChI=1S/C19H24N4O4/c1-25-16-10-18-17(26-7-8-27-18)9-13(16)11-23-6-3-14(15(24)12-23)22-19-20-4-2-5-21-19/h2,4-5,9-10,14-15,24H,3,6-8,11-12H2,1H3,(H,20,21,22)/t14-,15-/m1/s1. The second kappa shape index (κ2) is 7.98. The molecule has 2 aliphatic rings. The third-order valence-corrected chi connectivity index (χ3v) is 4.89. The van der Waals surface area contributed by atoms with E-state index in [4.69, 9.17) is 14.2 Å². The Morgan fingerprint density at radius 1 is 1.22 bits per heavy atom. The van der Waals surface area contributed by atoms with Crippen LogP contribution in [0.1, 0.15) is 12.0 Å². The predicted molar refractivity (Wildman–Crippen MR) is 99.3 cm³/mol. The fourth-order valence-corrected chi connectivity index (χ4v) is 3.52. The molecule has 3 heterocycles. The van der Waals surface area contributed by atoms with Crippen LogP contribution in [0.25, 0.3) is 0 Å². The highest BCUT2D eigenvalue weighted by Crippen LogP contribution is 2.37. The Hall–Kier alpha value is -2.58. The molecule has 27 heavy (non-hydrogen) atoms. The smallest absolute Gasteiger partial charge is 0.222 e. The summed E-state index contributed by atoms with van der Waals surface area (Å²) >= 11 is 0. The van der Waals surface area contributed by atoms with Crippen molar-refractivity contribution in [3.05, 3.63) is 36.2 Å². The number of fused-ring (bicyclic) bond motifs is 1. The van der Waals surface area contributed by atoms with Gasteiger partial charge in [0.2, 0.25) is 5.95 Å². The van der Waals surface area contributed by atoms with Gasteiger partial charge in [-0.3, -0.25) is 4.90 Å². The SMILES string of the molecule is COc1cc2c(cc1CN1CC[C@@H](Nc3ncccn3)[C@H](O)C1)OCCO2. The zero-order valence-corrected chi connectivity index (χ0v) is 15.3. The molecule has 2 aliphatic heterocycles. The van der Waals surface area contributed by atoms with Crippen LogP contribution in [-0.4, -0.2) is 65.5 Å². The number of benzene rings is 1. The average Bonchev–Trinajstić information content (AvgIpc) is 2.70. The molecular weight excluding hydrogens is 348 g/mol. The van der Waals surface area contributed by atoms with Gasteiger partial charge in [-0.1, -0.05) is 0 Å². The van der Waals surface area contributed by atoms with Crippen molar-refractivity contribution in [3.63, 3.8) is 0 Å². The number of nitrogens with zero attached hydrogens (tertiary/aromatic N) is 3. The van der Waals surface area contributed by atoms with Crippen molar-refractivity contribution in [2.75, 3.05) is 38.7 Å². The number of ether oxygens (including phenoxy) is 3. The predicted octanol–water partition coefficient (Wildman–Crippen LogP) is 1.30. The molecule has 2 aromatic rings. The molecule has 8 nitrogen and oxygen atoms in total. The van der Waals surface area contributed by atoms with E-state index in [9.17, 15) is 5.11 Å². The van der Waals surface area contributed by atoms with Crippen molar-refractivity contribution in [2.45, 2.75) is 25.1 Å². The quantitative estimate of drug-likeness (QED) is 0.812. The first kappa shape index (κ1) is 17.8. The van der Waals surface area contributed by atoms with E-state index in [0.717, 1.165) is 30.0 Å². The van der Waals surface area contributed by atoms with Crippen molar-refractivity contribution in [1.82, 2.24) is 14.9 Å². The lowest BCUT2D eigenvalue weighted by Gasteiger charge is -2.36. The molecule has 2 N–H and O–H groups in total. The lowest BCUT2D eigenvalue weighted by Crippen LogP contribution is -2.49. The van der Waals surface area contributed by atoms with Crippen molar-refractivity contribution in [1.29, 1.82) is 0 Å². The molecule has 0 unspecified atom stereocenters. The molecule has 0 bridgehead atoms. The summed E-state index contributed by atoms with van der Waals surface area (Å²) in [7, 11) is 1.65. The molecule has 144 valence electrons. The number of aromatic nitrogens is 2. The summed E-state index contributed by atoms with van der Waals surface area (Å²) in [6.07, 6.45) is 3.66. The number of aliphatic hydroxyl groups is 1. The van der Waals surface area contributed by atoms with Gasteiger partial charge in [-0.2, -0.15) is 0 Å². The van der Waals surface area contributed by atoms with Gasteiger partial charge >= 0.3 is 0 Å². The minimum atomic E-state index is -0.509. The van der Waals surface area contributed by atoms with Crippen LogP contribution in [0.15, 0.2) is 30.6 Å². The monoisotopic (exact) mass is 372 g/mol. The summed E-state index contributed by atoms with van der Waals surface area (Å²) in [6, 6.07) is 5.56. The third-order valence-electron chi connectivity index (χ3n) is 4.89. The van der Waals surface area contributed by atoms with E-state index in [2.05, 4.69) is 20.2 Å². The van der Waals surface area contributed by atoms with Crippen LogP contribution in [0.2, 0.25) is 0 Å². The molecule has 0 amide bonds. The second-order valence-electron chi connectivity index (χ2n) is 6.72. The second-order valence-corrected chi connectivity index (χ2v) is 6.72. The Labute approximate surface area is 158 Å². The first-order valence-electron chi connectivity index (χ1n) is 9.13. The largest absolute Gasteiger partial charge is 0.496 e. The molecule has 0 spiro atoms. The van der Waals surface area contributed by atoms with E-state index >= 15 is 0 Å². The summed E-state index contributed by atoms with van der Waals surface area (Å²) in [6.45, 7) is 3.18. The zero-order chi connectivity index (χ0) is 18.6. The summed E-state index contributed by atoms with van der Waals surface area (Å²) in [4.78, 5) is 10.5. The van der Waals surface area contributed by atoms with Crippen LogP contribution < -0.4 is 19.5 Å². The van der Waals surface area contributed by atoms with Gasteiger partial charge in [-0.15, -0.1) is 0 Å². The van der Waals surface area contributed by atoms with Crippen molar-refractivity contribution in [3.8, 4) is 17.2 Å². The van der Waals surface area contributed by atoms with Crippen molar-refractivity contribution < 1.29 is 19.3 Å². The third kappa shape index (κ3) is 4.06. The van der Waals surface area contributed by atoms with E-state index in [-0.39, 0.29) is 6.04 Å². The lowest BCUT2D eigenvalue weighted by molar-refractivity contribution is 0.0554. The summed E-state index contributed by atoms with van der Waals surface area (Å²) in [5.41, 5.74) is 1.02. The van der Waals surface area contributed by atoms with Crippen molar-refractivity contribution in [2.24, 2.45) is 0 Å². The van der Waals surface area contributed by atoms with Crippen LogP contribution in [0.5, 0.6) is 17.2 Å². The highest BCUT2D eigenvalue weighted by molar-refractivity contribution is 5.51. The van der Waals surface area contributed by atoms with E-state index in [0.29, 0.717) is 38.0 Å². The van der Waals surface area contributed by atoms with E-state index in [1.54, 1.807) is 25.6 Å². The Morgan fingerprint density at radius 3 is 2.67 bits per heavy atom. The van der Waals surface area contributed by atoms with Crippen LogP contribution in [-0.2, 0) is 6.54 Å². The number of hydrogen-bond donors (Lipinski definition) is 2. The van der Waals surface area contributed by atoms with Gasteiger partial charge in [0.15, 0.2) is 11.5 Å². The first-order chi connectivity index (χ1) is 13.2. The molecule has 0 radical (unpaired) electrons. The van der Waals surface area contributed by atoms with Gasteiger partial charge in [0, 0.05) is 43.7 Å². The number of nitrogens with one attached hydrogen (secondary N) is 1. The fraction of sp³-hybridized carbons (Fsp3) is 0.474. The number of aliphatic hydroxyl groups excluding tert-OH is 1. The van der Waals surface area contributed by atoms with Crippen LogP contribution in [0.4, 0.5) is 5.95 Å². The highest BCUT2D eigenvalue weighted by Gasteiger charge is 2.29. The van der Waals surface area contributed by atoms with Crippen LogP contribution >= 0.6 is 0 Å². The fourth-order valence-electron chi connectivity index (χ4n) is 3.52. The first-order valence-corrected chi connectivity index (χ1v) is 9.13. The summed E-state index contributed by atoms with van der Waals surface area (Å²) in [5.74, 6) is 2.78. The maximum Gasteiger partial charge on any atom is 0.222 e. The lowest BCUT2D eigenvalue weighted by atomic mass is 10.0. The molecule has 8 heteroatoms. The number of methoxy groups -OCH3 is 1. The van der Waals surface area contributed by atoms with E-state index < -0.39 is 6.10 Å². The Morgan fingerprint density at radius 2 is 1.96 bits per heavy atom. The summed E-state index contributed by atoms with van der Waals surface area (Å²) in [5, 5.41) is 13.8. The topological polar surface area (TPSA) is 89.0 Å². The molecule has 1 aromatic heterocycles. The number of β-amino-alcohol motifs (C(OH)–C–C–N with tert-alkyl or cyclic N) is 1. The van der Waals surface area contributed by atoms with E-state index in [1.165, 1.54) is 0 Å². The van der Waals surface area contributed by atoms with Gasteiger partial charge in [0.1, 0.15) is 19.0 Å². The minimum absolute atomic E-state index is 0.0641. The van der Waals surface area contributed by atoms with Gasteiger partial charge in [0.25, 0.3) is 0 Å². The summed E-state index contributed by atoms with van der Waals surface area (Å²) < 4.78 is 16.8. The molecule has 0 aliphatic carbocycles. The molecule has 1 aromatic carbocycles.